The Hall–Kier alpha value is -2.69. The van der Waals surface area contributed by atoms with E-state index in [1.807, 2.05) is 49.1 Å². The highest BCUT2D eigenvalue weighted by Crippen LogP contribution is 2.19. The highest BCUT2D eigenvalue weighted by atomic mass is 16.5. The van der Waals surface area contributed by atoms with Gasteiger partial charge < -0.3 is 4.74 Å². The molecule has 21 heavy (non-hydrogen) atoms. The summed E-state index contributed by atoms with van der Waals surface area (Å²) in [6.45, 7) is 2.23. The van der Waals surface area contributed by atoms with Gasteiger partial charge in [0.2, 0.25) is 0 Å². The maximum Gasteiger partial charge on any atom is 0.172 e. The van der Waals surface area contributed by atoms with Gasteiger partial charge in [-0.3, -0.25) is 9.48 Å². The van der Waals surface area contributed by atoms with Gasteiger partial charge in [0.25, 0.3) is 0 Å². The van der Waals surface area contributed by atoms with E-state index in [0.29, 0.717) is 24.3 Å². The molecular weight excluding hydrogens is 266 g/mol. The lowest BCUT2D eigenvalue weighted by Gasteiger charge is -2.08. The minimum atomic E-state index is 0.331. The van der Waals surface area contributed by atoms with Gasteiger partial charge >= 0.3 is 0 Å². The number of benzene rings is 1. The van der Waals surface area contributed by atoms with Crippen LogP contribution < -0.4 is 4.74 Å². The molecule has 0 radical (unpaired) electrons. The molecular formula is C16H15N3O2. The second-order valence-corrected chi connectivity index (χ2v) is 4.90. The summed E-state index contributed by atoms with van der Waals surface area (Å²) in [5, 5.41) is 5.28. The third-order valence-corrected chi connectivity index (χ3v) is 3.34. The van der Waals surface area contributed by atoms with Crippen LogP contribution in [0.4, 0.5) is 0 Å². The van der Waals surface area contributed by atoms with Crippen LogP contribution in [0.15, 0.2) is 36.5 Å². The van der Waals surface area contributed by atoms with E-state index in [4.69, 9.17) is 4.74 Å². The van der Waals surface area contributed by atoms with E-state index < -0.39 is 0 Å². The standard InChI is InChI=1S/C16H15N3O2/c1-11-3-6-16(14(9-20)18-11)21-10-12-4-5-15-13(7-12)8-17-19(15)2/h3-9H,10H2,1-2H3. The highest BCUT2D eigenvalue weighted by molar-refractivity contribution is 5.79. The van der Waals surface area contributed by atoms with Gasteiger partial charge in [-0.25, -0.2) is 4.98 Å². The molecule has 0 saturated carbocycles. The molecule has 0 aliphatic carbocycles. The summed E-state index contributed by atoms with van der Waals surface area (Å²) in [4.78, 5) is 15.2. The van der Waals surface area contributed by atoms with Gasteiger partial charge in [-0.2, -0.15) is 5.10 Å². The van der Waals surface area contributed by atoms with Gasteiger partial charge in [-0.1, -0.05) is 6.07 Å². The number of carbonyl (C=O) groups is 1. The van der Waals surface area contributed by atoms with Crippen molar-refractivity contribution in [3.05, 3.63) is 53.5 Å². The zero-order valence-corrected chi connectivity index (χ0v) is 11.9. The highest BCUT2D eigenvalue weighted by Gasteiger charge is 2.06. The van der Waals surface area contributed by atoms with Crippen molar-refractivity contribution in [2.45, 2.75) is 13.5 Å². The lowest BCUT2D eigenvalue weighted by atomic mass is 10.2. The zero-order chi connectivity index (χ0) is 14.8. The average molecular weight is 281 g/mol. The number of hydrogen-bond donors (Lipinski definition) is 0. The van der Waals surface area contributed by atoms with Crippen molar-refractivity contribution in [1.82, 2.24) is 14.8 Å². The molecule has 5 heteroatoms. The molecule has 2 aromatic heterocycles. The fraction of sp³-hybridized carbons (Fsp3) is 0.188. The second kappa shape index (κ2) is 5.36. The Morgan fingerprint density at radius 2 is 2.14 bits per heavy atom. The van der Waals surface area contributed by atoms with Crippen molar-refractivity contribution >= 4 is 17.2 Å². The predicted molar refractivity (Wildman–Crippen MR) is 79.4 cm³/mol. The molecule has 0 saturated heterocycles. The molecule has 0 spiro atoms. The lowest BCUT2D eigenvalue weighted by Crippen LogP contribution is -2.01. The molecule has 0 amide bonds. The Bertz CT molecular complexity index is 808. The molecule has 3 rings (SSSR count). The van der Waals surface area contributed by atoms with Crippen LogP contribution in [-0.2, 0) is 13.7 Å². The minimum absolute atomic E-state index is 0.331. The molecule has 0 fully saturated rings. The topological polar surface area (TPSA) is 57.0 Å². The largest absolute Gasteiger partial charge is 0.487 e. The molecule has 106 valence electrons. The Kier molecular flexibility index (Phi) is 3.39. The van der Waals surface area contributed by atoms with Crippen LogP contribution in [-0.4, -0.2) is 21.1 Å². The monoisotopic (exact) mass is 281 g/mol. The Morgan fingerprint density at radius 1 is 1.29 bits per heavy atom. The lowest BCUT2D eigenvalue weighted by molar-refractivity contribution is 0.111. The molecule has 0 atom stereocenters. The third kappa shape index (κ3) is 2.63. The van der Waals surface area contributed by atoms with Crippen LogP contribution in [0.5, 0.6) is 5.75 Å². The quantitative estimate of drug-likeness (QED) is 0.690. The SMILES string of the molecule is Cc1ccc(OCc2ccc3c(cnn3C)c2)c(C=O)n1. The van der Waals surface area contributed by atoms with Gasteiger partial charge in [0.15, 0.2) is 6.29 Å². The van der Waals surface area contributed by atoms with E-state index in [9.17, 15) is 4.79 Å². The van der Waals surface area contributed by atoms with Crippen molar-refractivity contribution in [3.8, 4) is 5.75 Å². The van der Waals surface area contributed by atoms with Crippen LogP contribution >= 0.6 is 0 Å². The van der Waals surface area contributed by atoms with Gasteiger partial charge in [-0.15, -0.1) is 0 Å². The number of aryl methyl sites for hydroxylation is 2. The third-order valence-electron chi connectivity index (χ3n) is 3.34. The normalized spacial score (nSPS) is 10.8. The van der Waals surface area contributed by atoms with Crippen molar-refractivity contribution in [2.75, 3.05) is 0 Å². The molecule has 0 aliphatic rings. The van der Waals surface area contributed by atoms with Gasteiger partial charge in [0, 0.05) is 18.1 Å². The van der Waals surface area contributed by atoms with E-state index in [2.05, 4.69) is 10.1 Å². The number of ether oxygens (including phenoxy) is 1. The van der Waals surface area contributed by atoms with E-state index >= 15 is 0 Å². The minimum Gasteiger partial charge on any atom is -0.487 e. The number of pyridine rings is 1. The first kappa shape index (κ1) is 13.3. The van der Waals surface area contributed by atoms with Gasteiger partial charge in [-0.05, 0) is 36.8 Å². The summed E-state index contributed by atoms with van der Waals surface area (Å²) in [5.41, 5.74) is 3.22. The van der Waals surface area contributed by atoms with Crippen molar-refractivity contribution in [1.29, 1.82) is 0 Å². The Labute approximate surface area is 122 Å². The number of carbonyl (C=O) groups excluding carboxylic acids is 1. The molecule has 0 unspecified atom stereocenters. The fourth-order valence-corrected chi connectivity index (χ4v) is 2.23. The molecule has 3 aromatic rings. The summed E-state index contributed by atoms with van der Waals surface area (Å²) < 4.78 is 7.53. The average Bonchev–Trinajstić information content (AvgIpc) is 2.87. The summed E-state index contributed by atoms with van der Waals surface area (Å²) >= 11 is 0. The first-order valence-electron chi connectivity index (χ1n) is 6.63. The first-order valence-corrected chi connectivity index (χ1v) is 6.63. The summed E-state index contributed by atoms with van der Waals surface area (Å²) in [6.07, 6.45) is 2.54. The van der Waals surface area contributed by atoms with Crippen molar-refractivity contribution in [2.24, 2.45) is 7.05 Å². The zero-order valence-electron chi connectivity index (χ0n) is 11.9. The van der Waals surface area contributed by atoms with Gasteiger partial charge in [0.1, 0.15) is 18.1 Å². The maximum absolute atomic E-state index is 11.0. The Morgan fingerprint density at radius 3 is 2.95 bits per heavy atom. The first-order chi connectivity index (χ1) is 10.2. The van der Waals surface area contributed by atoms with Crippen molar-refractivity contribution in [3.63, 3.8) is 0 Å². The van der Waals surface area contributed by atoms with Crippen LogP contribution in [0.25, 0.3) is 10.9 Å². The summed E-state index contributed by atoms with van der Waals surface area (Å²) in [7, 11) is 1.91. The number of nitrogens with zero attached hydrogens (tertiary/aromatic N) is 3. The number of aldehydes is 1. The summed E-state index contributed by atoms with van der Waals surface area (Å²) in [5.74, 6) is 0.502. The van der Waals surface area contributed by atoms with E-state index in [1.54, 1.807) is 6.07 Å². The molecule has 2 heterocycles. The van der Waals surface area contributed by atoms with Gasteiger partial charge in [0.05, 0.1) is 11.7 Å². The predicted octanol–water partition coefficient (Wildman–Crippen LogP) is 2.67. The van der Waals surface area contributed by atoms with E-state index in [1.165, 1.54) is 0 Å². The van der Waals surface area contributed by atoms with Crippen LogP contribution in [0.3, 0.4) is 0 Å². The van der Waals surface area contributed by atoms with E-state index in [0.717, 1.165) is 22.2 Å². The maximum atomic E-state index is 11.0. The smallest absolute Gasteiger partial charge is 0.172 e. The van der Waals surface area contributed by atoms with Crippen LogP contribution in [0, 0.1) is 6.92 Å². The molecule has 5 nitrogen and oxygen atoms in total. The summed E-state index contributed by atoms with van der Waals surface area (Å²) in [6, 6.07) is 9.63. The number of aromatic nitrogens is 3. The Balaban J connectivity index is 1.81. The number of hydrogen-bond acceptors (Lipinski definition) is 4. The number of rotatable bonds is 4. The van der Waals surface area contributed by atoms with Crippen LogP contribution in [0.2, 0.25) is 0 Å². The molecule has 0 aliphatic heterocycles. The van der Waals surface area contributed by atoms with E-state index in [-0.39, 0.29) is 0 Å². The number of fused-ring (bicyclic) bond motifs is 1. The molecule has 0 N–H and O–H groups in total. The second-order valence-electron chi connectivity index (χ2n) is 4.90. The van der Waals surface area contributed by atoms with Crippen LogP contribution in [0.1, 0.15) is 21.7 Å². The fourth-order valence-electron chi connectivity index (χ4n) is 2.23. The molecule has 0 bridgehead atoms. The molecule has 1 aromatic carbocycles. The van der Waals surface area contributed by atoms with Crippen molar-refractivity contribution < 1.29 is 9.53 Å².